The number of hydrogen-bond donors (Lipinski definition) is 2. The summed E-state index contributed by atoms with van der Waals surface area (Å²) in [6.07, 6.45) is 2.82. The average molecular weight is 173 g/mol. The lowest BCUT2D eigenvalue weighted by Crippen LogP contribution is -2.35. The molecule has 5 heteroatoms. The first kappa shape index (κ1) is 8.99. The number of hydrogen-bond acceptors (Lipinski definition) is 3. The summed E-state index contributed by atoms with van der Waals surface area (Å²) in [4.78, 5) is 25.4. The number of carbonyl (C=O) groups excluding carboxylic acids is 1. The van der Waals surface area contributed by atoms with E-state index in [-0.39, 0.29) is 11.8 Å². The summed E-state index contributed by atoms with van der Waals surface area (Å²) in [5.74, 6) is -1.27. The number of carboxylic acids is 1. The Labute approximate surface area is 69.7 Å². The summed E-state index contributed by atoms with van der Waals surface area (Å²) in [5, 5.41) is 8.16. The normalized spacial score (nSPS) is 16.7. The van der Waals surface area contributed by atoms with Crippen molar-refractivity contribution >= 4 is 11.9 Å². The highest BCUT2D eigenvalue weighted by molar-refractivity contribution is 5.78. The number of carboxylic acid groups (broad SMARTS) is 1. The Kier molecular flexibility index (Phi) is 3.04. The SMILES string of the molecule is O=C(O)CONC(=O)C1CCC1. The average Bonchev–Trinajstić information content (AvgIpc) is 1.81. The Morgan fingerprint density at radius 1 is 1.50 bits per heavy atom. The van der Waals surface area contributed by atoms with Gasteiger partial charge in [0.15, 0.2) is 6.61 Å². The highest BCUT2D eigenvalue weighted by Gasteiger charge is 2.25. The summed E-state index contributed by atoms with van der Waals surface area (Å²) >= 11 is 0. The van der Waals surface area contributed by atoms with Gasteiger partial charge in [-0.05, 0) is 12.8 Å². The van der Waals surface area contributed by atoms with Crippen molar-refractivity contribution in [2.45, 2.75) is 19.3 Å². The highest BCUT2D eigenvalue weighted by atomic mass is 16.7. The number of carbonyl (C=O) groups is 2. The summed E-state index contributed by atoms with van der Waals surface area (Å²) in [5.41, 5.74) is 2.10. The molecule has 0 spiro atoms. The van der Waals surface area contributed by atoms with E-state index < -0.39 is 12.6 Å². The third-order valence-electron chi connectivity index (χ3n) is 1.84. The van der Waals surface area contributed by atoms with Crippen LogP contribution in [0.15, 0.2) is 0 Å². The molecule has 1 amide bonds. The number of hydroxylamine groups is 1. The van der Waals surface area contributed by atoms with E-state index in [0.29, 0.717) is 0 Å². The molecule has 1 fully saturated rings. The van der Waals surface area contributed by atoms with Gasteiger partial charge in [0.25, 0.3) is 0 Å². The van der Waals surface area contributed by atoms with E-state index in [1.807, 2.05) is 0 Å². The Hall–Kier alpha value is -1.10. The molecule has 0 heterocycles. The molecule has 5 nitrogen and oxygen atoms in total. The van der Waals surface area contributed by atoms with Gasteiger partial charge in [-0.15, -0.1) is 0 Å². The van der Waals surface area contributed by atoms with Crippen molar-refractivity contribution in [3.8, 4) is 0 Å². The van der Waals surface area contributed by atoms with Crippen LogP contribution >= 0.6 is 0 Å². The zero-order valence-corrected chi connectivity index (χ0v) is 6.58. The van der Waals surface area contributed by atoms with Crippen LogP contribution in [0.1, 0.15) is 19.3 Å². The molecule has 68 valence electrons. The lowest BCUT2D eigenvalue weighted by Gasteiger charge is -2.23. The van der Waals surface area contributed by atoms with Crippen LogP contribution in [0.5, 0.6) is 0 Å². The monoisotopic (exact) mass is 173 g/mol. The second-order valence-electron chi connectivity index (χ2n) is 2.78. The molecule has 0 unspecified atom stereocenters. The summed E-state index contributed by atoms with van der Waals surface area (Å²) in [6.45, 7) is -0.488. The van der Waals surface area contributed by atoms with Crippen molar-refractivity contribution in [2.75, 3.05) is 6.61 Å². The molecular formula is C7H11NO4. The van der Waals surface area contributed by atoms with Gasteiger partial charge in [-0.3, -0.25) is 9.63 Å². The maximum atomic E-state index is 11.0. The third-order valence-corrected chi connectivity index (χ3v) is 1.84. The van der Waals surface area contributed by atoms with Crippen molar-refractivity contribution in [1.82, 2.24) is 5.48 Å². The van der Waals surface area contributed by atoms with Gasteiger partial charge in [-0.1, -0.05) is 6.42 Å². The van der Waals surface area contributed by atoms with E-state index >= 15 is 0 Å². The minimum absolute atomic E-state index is 0.0267. The molecule has 1 saturated carbocycles. The van der Waals surface area contributed by atoms with Crippen LogP contribution < -0.4 is 5.48 Å². The van der Waals surface area contributed by atoms with Crippen LogP contribution in [-0.4, -0.2) is 23.6 Å². The summed E-state index contributed by atoms with van der Waals surface area (Å²) in [7, 11) is 0. The van der Waals surface area contributed by atoms with Crippen molar-refractivity contribution < 1.29 is 19.5 Å². The highest BCUT2D eigenvalue weighted by Crippen LogP contribution is 2.25. The Morgan fingerprint density at radius 3 is 2.58 bits per heavy atom. The van der Waals surface area contributed by atoms with Gasteiger partial charge in [0.1, 0.15) is 0 Å². The molecule has 0 aromatic carbocycles. The fourth-order valence-corrected chi connectivity index (χ4v) is 0.923. The van der Waals surface area contributed by atoms with Crippen molar-refractivity contribution in [3.05, 3.63) is 0 Å². The van der Waals surface area contributed by atoms with E-state index in [4.69, 9.17) is 5.11 Å². The molecule has 0 aliphatic heterocycles. The lowest BCUT2D eigenvalue weighted by atomic mass is 9.85. The molecule has 0 radical (unpaired) electrons. The molecule has 0 aromatic rings. The van der Waals surface area contributed by atoms with E-state index in [1.54, 1.807) is 0 Å². The van der Waals surface area contributed by atoms with E-state index in [1.165, 1.54) is 0 Å². The van der Waals surface area contributed by atoms with Crippen LogP contribution in [0.3, 0.4) is 0 Å². The quantitative estimate of drug-likeness (QED) is 0.583. The minimum Gasteiger partial charge on any atom is -0.479 e. The number of aliphatic carboxylic acids is 1. The van der Waals surface area contributed by atoms with E-state index in [2.05, 4.69) is 10.3 Å². The molecule has 0 bridgehead atoms. The predicted molar refractivity (Wildman–Crippen MR) is 39.1 cm³/mol. The molecule has 0 aromatic heterocycles. The van der Waals surface area contributed by atoms with Crippen LogP contribution in [0.4, 0.5) is 0 Å². The predicted octanol–water partition coefficient (Wildman–Crippen LogP) is -0.0811. The molecule has 2 N–H and O–H groups in total. The molecule has 1 aliphatic carbocycles. The Morgan fingerprint density at radius 2 is 2.17 bits per heavy atom. The zero-order chi connectivity index (χ0) is 8.97. The third kappa shape index (κ3) is 2.50. The topological polar surface area (TPSA) is 75.6 Å². The first-order valence-corrected chi connectivity index (χ1v) is 3.83. The molecular weight excluding hydrogens is 162 g/mol. The van der Waals surface area contributed by atoms with Gasteiger partial charge in [0.2, 0.25) is 5.91 Å². The number of nitrogens with one attached hydrogen (secondary N) is 1. The fraction of sp³-hybridized carbons (Fsp3) is 0.714. The van der Waals surface area contributed by atoms with Crippen molar-refractivity contribution in [1.29, 1.82) is 0 Å². The maximum absolute atomic E-state index is 11.0. The first-order valence-electron chi connectivity index (χ1n) is 3.83. The van der Waals surface area contributed by atoms with Gasteiger partial charge in [-0.25, -0.2) is 10.3 Å². The van der Waals surface area contributed by atoms with Gasteiger partial charge < -0.3 is 5.11 Å². The molecule has 1 aliphatic rings. The van der Waals surface area contributed by atoms with Gasteiger partial charge in [-0.2, -0.15) is 0 Å². The molecule has 0 atom stereocenters. The van der Waals surface area contributed by atoms with Crippen LogP contribution in [0, 0.1) is 5.92 Å². The second-order valence-corrected chi connectivity index (χ2v) is 2.78. The zero-order valence-electron chi connectivity index (χ0n) is 6.58. The van der Waals surface area contributed by atoms with Crippen molar-refractivity contribution in [3.63, 3.8) is 0 Å². The van der Waals surface area contributed by atoms with E-state index in [0.717, 1.165) is 19.3 Å². The minimum atomic E-state index is -1.09. The molecule has 1 rings (SSSR count). The van der Waals surface area contributed by atoms with Crippen LogP contribution in [-0.2, 0) is 14.4 Å². The van der Waals surface area contributed by atoms with Crippen LogP contribution in [0.25, 0.3) is 0 Å². The van der Waals surface area contributed by atoms with Gasteiger partial charge in [0.05, 0.1) is 0 Å². The molecule has 12 heavy (non-hydrogen) atoms. The van der Waals surface area contributed by atoms with Crippen molar-refractivity contribution in [2.24, 2.45) is 5.92 Å². The summed E-state index contributed by atoms with van der Waals surface area (Å²) in [6, 6.07) is 0. The Balaban J connectivity index is 2.05. The largest absolute Gasteiger partial charge is 0.479 e. The van der Waals surface area contributed by atoms with Gasteiger partial charge in [0, 0.05) is 5.92 Å². The standard InChI is InChI=1S/C7H11NO4/c9-6(10)4-12-8-7(11)5-2-1-3-5/h5H,1-4H2,(H,8,11)(H,9,10). The first-order chi connectivity index (χ1) is 5.70. The summed E-state index contributed by atoms with van der Waals surface area (Å²) < 4.78 is 0. The Bertz CT molecular complexity index is 188. The smallest absolute Gasteiger partial charge is 0.332 e. The van der Waals surface area contributed by atoms with Crippen LogP contribution in [0.2, 0.25) is 0 Å². The van der Waals surface area contributed by atoms with E-state index in [9.17, 15) is 9.59 Å². The lowest BCUT2D eigenvalue weighted by molar-refractivity contribution is -0.151. The second kappa shape index (κ2) is 4.06. The fourth-order valence-electron chi connectivity index (χ4n) is 0.923. The molecule has 0 saturated heterocycles. The number of rotatable bonds is 4. The maximum Gasteiger partial charge on any atom is 0.332 e. The van der Waals surface area contributed by atoms with Gasteiger partial charge >= 0.3 is 5.97 Å². The number of amides is 1.